The maximum atomic E-state index is 11.9. The molecule has 5 N–H and O–H groups in total. The molecule has 4 atom stereocenters. The lowest BCUT2D eigenvalue weighted by molar-refractivity contribution is -0.131. The SMILES string of the molecule is CCCCCC=CCC=CCCCCCCCC(=O)N[C@@H](C=O)[C@@H](O)[C@H](O)[C@H](O)CO. The predicted molar refractivity (Wildman–Crippen MR) is 122 cm³/mol. The van der Waals surface area contributed by atoms with Crippen molar-refractivity contribution in [2.75, 3.05) is 6.61 Å². The van der Waals surface area contributed by atoms with Crippen LogP contribution in [0.15, 0.2) is 24.3 Å². The molecule has 0 aliphatic carbocycles. The van der Waals surface area contributed by atoms with E-state index in [1.807, 2.05) is 0 Å². The first kappa shape index (κ1) is 29.5. The fraction of sp³-hybridized carbons (Fsp3) is 0.750. The standard InChI is InChI=1S/C24H43NO6/c1-2-3-4-5-6-7-8-9-10-11-12-13-14-15-16-17-22(29)25-20(18-26)23(30)24(31)21(28)19-27/h6-7,9-10,18,20-21,23-24,27-28,30-31H,2-5,8,11-17,19H2,1H3,(H,25,29)/t20-,21+,23+,24+/m0/s1. The molecule has 1 amide bonds. The number of carbonyl (C=O) groups is 2. The zero-order valence-electron chi connectivity index (χ0n) is 19.0. The summed E-state index contributed by atoms with van der Waals surface area (Å²) in [4.78, 5) is 23.0. The molecule has 0 aliphatic heterocycles. The zero-order chi connectivity index (χ0) is 23.3. The summed E-state index contributed by atoms with van der Waals surface area (Å²) in [5, 5.41) is 40.0. The summed E-state index contributed by atoms with van der Waals surface area (Å²) in [5.74, 6) is -0.396. The second kappa shape index (κ2) is 20.4. The summed E-state index contributed by atoms with van der Waals surface area (Å²) in [6.07, 6.45) is 16.3. The van der Waals surface area contributed by atoms with Crippen LogP contribution in [-0.2, 0) is 9.59 Å². The second-order valence-corrected chi connectivity index (χ2v) is 7.94. The molecule has 0 aromatic heterocycles. The van der Waals surface area contributed by atoms with E-state index in [9.17, 15) is 24.9 Å². The number of amides is 1. The molecule has 180 valence electrons. The molecule has 0 unspecified atom stereocenters. The summed E-state index contributed by atoms with van der Waals surface area (Å²) < 4.78 is 0. The average Bonchev–Trinajstić information content (AvgIpc) is 2.78. The largest absolute Gasteiger partial charge is 0.394 e. The van der Waals surface area contributed by atoms with Crippen molar-refractivity contribution in [3.63, 3.8) is 0 Å². The van der Waals surface area contributed by atoms with E-state index in [0.29, 0.717) is 12.7 Å². The highest BCUT2D eigenvalue weighted by Gasteiger charge is 2.31. The molecule has 31 heavy (non-hydrogen) atoms. The maximum Gasteiger partial charge on any atom is 0.220 e. The van der Waals surface area contributed by atoms with Crippen LogP contribution in [0.1, 0.15) is 84.0 Å². The Labute approximate surface area is 187 Å². The Morgan fingerprint density at radius 2 is 1.42 bits per heavy atom. The Balaban J connectivity index is 3.76. The third-order valence-corrected chi connectivity index (χ3v) is 5.13. The molecule has 0 rings (SSSR count). The number of unbranched alkanes of at least 4 members (excludes halogenated alkanes) is 8. The highest BCUT2D eigenvalue weighted by atomic mass is 16.4. The van der Waals surface area contributed by atoms with E-state index in [4.69, 9.17) is 5.11 Å². The highest BCUT2D eigenvalue weighted by molar-refractivity contribution is 5.79. The average molecular weight is 442 g/mol. The van der Waals surface area contributed by atoms with Gasteiger partial charge < -0.3 is 30.5 Å². The Bertz CT molecular complexity index is 508. The summed E-state index contributed by atoms with van der Waals surface area (Å²) in [5.41, 5.74) is 0. The molecule has 0 aromatic rings. The molecule has 0 spiro atoms. The fourth-order valence-corrected chi connectivity index (χ4v) is 3.10. The summed E-state index contributed by atoms with van der Waals surface area (Å²) in [6.45, 7) is 1.45. The Morgan fingerprint density at radius 3 is 2.00 bits per heavy atom. The zero-order valence-corrected chi connectivity index (χ0v) is 19.0. The van der Waals surface area contributed by atoms with E-state index in [-0.39, 0.29) is 6.42 Å². The third kappa shape index (κ3) is 15.8. The van der Waals surface area contributed by atoms with Gasteiger partial charge in [0.1, 0.15) is 30.6 Å². The third-order valence-electron chi connectivity index (χ3n) is 5.13. The molecule has 0 saturated carbocycles. The maximum absolute atomic E-state index is 11.9. The molecule has 0 aromatic carbocycles. The molecule has 0 saturated heterocycles. The van der Waals surface area contributed by atoms with Gasteiger partial charge in [0.25, 0.3) is 0 Å². The number of hydrogen-bond acceptors (Lipinski definition) is 6. The van der Waals surface area contributed by atoms with Gasteiger partial charge in [-0.15, -0.1) is 0 Å². The van der Waals surface area contributed by atoms with Gasteiger partial charge in [0, 0.05) is 6.42 Å². The molecule has 0 aliphatic rings. The van der Waals surface area contributed by atoms with Crippen LogP contribution in [0.4, 0.5) is 0 Å². The second-order valence-electron chi connectivity index (χ2n) is 7.94. The highest BCUT2D eigenvalue weighted by Crippen LogP contribution is 2.09. The van der Waals surface area contributed by atoms with Gasteiger partial charge in [0.05, 0.1) is 6.61 Å². The Morgan fingerprint density at radius 1 is 0.839 bits per heavy atom. The smallest absolute Gasteiger partial charge is 0.220 e. The lowest BCUT2D eigenvalue weighted by atomic mass is 10.0. The summed E-state index contributed by atoms with van der Waals surface area (Å²) in [7, 11) is 0. The summed E-state index contributed by atoms with van der Waals surface area (Å²) >= 11 is 0. The number of aldehydes is 1. The van der Waals surface area contributed by atoms with Gasteiger partial charge >= 0.3 is 0 Å². The fourth-order valence-electron chi connectivity index (χ4n) is 3.10. The number of aliphatic hydroxyl groups excluding tert-OH is 4. The van der Waals surface area contributed by atoms with Gasteiger partial charge in [-0.05, 0) is 38.5 Å². The van der Waals surface area contributed by atoms with Crippen LogP contribution in [0.2, 0.25) is 0 Å². The van der Waals surface area contributed by atoms with Crippen molar-refractivity contribution in [3.05, 3.63) is 24.3 Å². The van der Waals surface area contributed by atoms with Gasteiger partial charge in [0.15, 0.2) is 0 Å². The lowest BCUT2D eigenvalue weighted by Crippen LogP contribution is -2.53. The lowest BCUT2D eigenvalue weighted by Gasteiger charge is -2.26. The normalized spacial score (nSPS) is 15.8. The van der Waals surface area contributed by atoms with Crippen molar-refractivity contribution in [1.29, 1.82) is 0 Å². The van der Waals surface area contributed by atoms with Crippen LogP contribution in [0, 0.1) is 0 Å². The van der Waals surface area contributed by atoms with E-state index >= 15 is 0 Å². The number of nitrogens with one attached hydrogen (secondary N) is 1. The molecule has 0 radical (unpaired) electrons. The van der Waals surface area contributed by atoms with E-state index < -0.39 is 36.9 Å². The molecular formula is C24H43NO6. The van der Waals surface area contributed by atoms with Crippen molar-refractivity contribution in [2.45, 2.75) is 108 Å². The first-order valence-electron chi connectivity index (χ1n) is 11.7. The van der Waals surface area contributed by atoms with Crippen molar-refractivity contribution < 1.29 is 30.0 Å². The van der Waals surface area contributed by atoms with Gasteiger partial charge in [-0.1, -0.05) is 63.3 Å². The van der Waals surface area contributed by atoms with E-state index in [1.54, 1.807) is 0 Å². The van der Waals surface area contributed by atoms with Crippen LogP contribution >= 0.6 is 0 Å². The Hall–Kier alpha value is -1.54. The summed E-state index contributed by atoms with van der Waals surface area (Å²) in [6, 6.07) is -1.33. The number of aliphatic hydroxyl groups is 4. The monoisotopic (exact) mass is 441 g/mol. The van der Waals surface area contributed by atoms with Crippen molar-refractivity contribution in [2.24, 2.45) is 0 Å². The topological polar surface area (TPSA) is 127 Å². The van der Waals surface area contributed by atoms with Crippen LogP contribution in [0.5, 0.6) is 0 Å². The van der Waals surface area contributed by atoms with E-state index in [2.05, 4.69) is 36.5 Å². The van der Waals surface area contributed by atoms with Gasteiger partial charge in [-0.25, -0.2) is 0 Å². The van der Waals surface area contributed by atoms with Gasteiger partial charge in [-0.2, -0.15) is 0 Å². The van der Waals surface area contributed by atoms with E-state index in [1.165, 1.54) is 25.7 Å². The molecule has 7 heteroatoms. The molecule has 0 fully saturated rings. The van der Waals surface area contributed by atoms with Gasteiger partial charge in [-0.3, -0.25) is 4.79 Å². The van der Waals surface area contributed by atoms with Crippen LogP contribution in [0.25, 0.3) is 0 Å². The first-order valence-corrected chi connectivity index (χ1v) is 11.7. The number of hydrogen-bond donors (Lipinski definition) is 5. The van der Waals surface area contributed by atoms with Crippen molar-refractivity contribution in [3.8, 4) is 0 Å². The van der Waals surface area contributed by atoms with Crippen LogP contribution < -0.4 is 5.32 Å². The minimum atomic E-state index is -1.73. The number of carbonyl (C=O) groups excluding carboxylic acids is 2. The van der Waals surface area contributed by atoms with Crippen LogP contribution in [0.3, 0.4) is 0 Å². The van der Waals surface area contributed by atoms with Crippen molar-refractivity contribution in [1.82, 2.24) is 5.32 Å². The quantitative estimate of drug-likeness (QED) is 0.112. The first-order chi connectivity index (χ1) is 15.0. The number of rotatable bonds is 20. The molecule has 7 nitrogen and oxygen atoms in total. The van der Waals surface area contributed by atoms with E-state index in [0.717, 1.165) is 38.5 Å². The van der Waals surface area contributed by atoms with Crippen molar-refractivity contribution >= 4 is 12.2 Å². The number of allylic oxidation sites excluding steroid dienone is 4. The molecule has 0 bridgehead atoms. The predicted octanol–water partition coefficient (Wildman–Crippen LogP) is 2.56. The van der Waals surface area contributed by atoms with Crippen LogP contribution in [-0.4, -0.2) is 63.6 Å². The Kier molecular flexibility index (Phi) is 19.4. The minimum Gasteiger partial charge on any atom is -0.394 e. The molecule has 0 heterocycles. The molecular weight excluding hydrogens is 398 g/mol. The minimum absolute atomic E-state index is 0.222. The van der Waals surface area contributed by atoms with Gasteiger partial charge in [0.2, 0.25) is 5.91 Å².